The van der Waals surface area contributed by atoms with Crippen LogP contribution < -0.4 is 26.7 Å². The van der Waals surface area contributed by atoms with E-state index in [0.717, 1.165) is 37.4 Å². The zero-order chi connectivity index (χ0) is 21.5. The molecule has 3 rings (SSSR count). The molecule has 160 valence electrons. The van der Waals surface area contributed by atoms with Gasteiger partial charge >= 0.3 is 0 Å². The van der Waals surface area contributed by atoms with Crippen molar-refractivity contribution in [3.05, 3.63) is 40.2 Å². The Hall–Kier alpha value is -3.01. The van der Waals surface area contributed by atoms with Gasteiger partial charge in [0, 0.05) is 11.6 Å². The Morgan fingerprint density at radius 2 is 1.93 bits per heavy atom. The normalized spacial score (nSPS) is 14.2. The first-order valence-corrected chi connectivity index (χ1v) is 10.7. The number of ether oxygens (including phenoxy) is 1. The number of aromatic amines is 1. The molecule has 1 fully saturated rings. The van der Waals surface area contributed by atoms with E-state index in [2.05, 4.69) is 20.6 Å². The van der Waals surface area contributed by atoms with Gasteiger partial charge in [0.1, 0.15) is 11.4 Å². The Morgan fingerprint density at radius 3 is 2.57 bits per heavy atom. The highest BCUT2D eigenvalue weighted by Crippen LogP contribution is 2.20. The SMILES string of the molecule is COc1ccc(C(=O)Nc2c(N)nc(SCC(=O)NC3CCCCC3)[nH]c2=O)cc1. The molecule has 30 heavy (non-hydrogen) atoms. The van der Waals surface area contributed by atoms with E-state index in [-0.39, 0.29) is 34.4 Å². The quantitative estimate of drug-likeness (QED) is 0.389. The molecule has 1 aromatic heterocycles. The standard InChI is InChI=1S/C20H25N5O4S/c1-29-14-9-7-12(8-10-14)18(27)23-16-17(21)24-20(25-19(16)28)30-11-15(26)22-13-5-3-2-4-6-13/h7-10,13H,2-6,11H2,1H3,(H,22,26)(H,23,27)(H3,21,24,25,28). The van der Waals surface area contributed by atoms with Crippen molar-refractivity contribution in [1.29, 1.82) is 0 Å². The van der Waals surface area contributed by atoms with Crippen molar-refractivity contribution in [3.63, 3.8) is 0 Å². The van der Waals surface area contributed by atoms with E-state index in [9.17, 15) is 14.4 Å². The molecule has 10 heteroatoms. The van der Waals surface area contributed by atoms with Crippen LogP contribution in [0.1, 0.15) is 42.5 Å². The Morgan fingerprint density at radius 1 is 1.23 bits per heavy atom. The van der Waals surface area contributed by atoms with Crippen molar-refractivity contribution in [1.82, 2.24) is 15.3 Å². The molecule has 1 saturated carbocycles. The zero-order valence-electron chi connectivity index (χ0n) is 16.7. The molecule has 1 heterocycles. The molecule has 0 radical (unpaired) electrons. The smallest absolute Gasteiger partial charge is 0.277 e. The molecule has 1 aliphatic carbocycles. The summed E-state index contributed by atoms with van der Waals surface area (Å²) in [4.78, 5) is 43.5. The fraction of sp³-hybridized carbons (Fsp3) is 0.400. The number of methoxy groups -OCH3 is 1. The summed E-state index contributed by atoms with van der Waals surface area (Å²) >= 11 is 1.09. The maximum absolute atomic E-state index is 12.4. The Labute approximate surface area is 178 Å². The van der Waals surface area contributed by atoms with E-state index in [0.29, 0.717) is 11.3 Å². The lowest BCUT2D eigenvalue weighted by Crippen LogP contribution is -2.37. The van der Waals surface area contributed by atoms with Crippen molar-refractivity contribution in [2.75, 3.05) is 23.9 Å². The van der Waals surface area contributed by atoms with Gasteiger partial charge < -0.3 is 21.1 Å². The number of nitrogens with one attached hydrogen (secondary N) is 3. The molecule has 0 atom stereocenters. The van der Waals surface area contributed by atoms with Crippen LogP contribution in [0.5, 0.6) is 5.75 Å². The van der Waals surface area contributed by atoms with Gasteiger partial charge in [-0.05, 0) is 37.1 Å². The summed E-state index contributed by atoms with van der Waals surface area (Å²) in [6.07, 6.45) is 5.48. The lowest BCUT2D eigenvalue weighted by atomic mass is 9.95. The number of aromatic nitrogens is 2. The summed E-state index contributed by atoms with van der Waals surface area (Å²) in [5.41, 5.74) is 5.49. The van der Waals surface area contributed by atoms with Crippen molar-refractivity contribution in [3.8, 4) is 5.75 Å². The van der Waals surface area contributed by atoms with Crippen LogP contribution in [0.2, 0.25) is 0 Å². The fourth-order valence-electron chi connectivity index (χ4n) is 3.24. The number of amides is 2. The van der Waals surface area contributed by atoms with Gasteiger partial charge in [0.15, 0.2) is 11.0 Å². The average molecular weight is 432 g/mol. The number of carbonyl (C=O) groups excluding carboxylic acids is 2. The number of rotatable bonds is 7. The summed E-state index contributed by atoms with van der Waals surface area (Å²) < 4.78 is 5.05. The maximum atomic E-state index is 12.4. The average Bonchev–Trinajstić information content (AvgIpc) is 2.75. The van der Waals surface area contributed by atoms with E-state index in [1.165, 1.54) is 13.5 Å². The minimum absolute atomic E-state index is 0.106. The molecule has 1 aliphatic rings. The van der Waals surface area contributed by atoms with Gasteiger partial charge in [-0.1, -0.05) is 31.0 Å². The van der Waals surface area contributed by atoms with Gasteiger partial charge in [0.05, 0.1) is 12.9 Å². The Bertz CT molecular complexity index is 955. The van der Waals surface area contributed by atoms with Crippen LogP contribution in [0.25, 0.3) is 0 Å². The molecule has 2 amide bonds. The topological polar surface area (TPSA) is 139 Å². The van der Waals surface area contributed by atoms with Crippen molar-refractivity contribution >= 4 is 35.1 Å². The summed E-state index contributed by atoms with van der Waals surface area (Å²) in [5.74, 6) is 0.0142. The highest BCUT2D eigenvalue weighted by molar-refractivity contribution is 7.99. The number of hydrogen-bond donors (Lipinski definition) is 4. The largest absolute Gasteiger partial charge is 0.497 e. The second kappa shape index (κ2) is 10.1. The van der Waals surface area contributed by atoms with E-state index < -0.39 is 11.5 Å². The number of H-pyrrole nitrogens is 1. The predicted molar refractivity (Wildman–Crippen MR) is 116 cm³/mol. The number of anilines is 2. The first kappa shape index (κ1) is 21.7. The van der Waals surface area contributed by atoms with Crippen LogP contribution in [0.15, 0.2) is 34.2 Å². The third kappa shape index (κ3) is 5.76. The third-order valence-electron chi connectivity index (χ3n) is 4.83. The van der Waals surface area contributed by atoms with Crippen LogP contribution in [0.4, 0.5) is 11.5 Å². The summed E-state index contributed by atoms with van der Waals surface area (Å²) in [7, 11) is 1.53. The number of nitrogens with two attached hydrogens (primary N) is 1. The number of nitrogens with zero attached hydrogens (tertiary/aromatic N) is 1. The fourth-order valence-corrected chi connectivity index (χ4v) is 3.92. The van der Waals surface area contributed by atoms with Gasteiger partial charge in [-0.15, -0.1) is 0 Å². The highest BCUT2D eigenvalue weighted by atomic mass is 32.2. The second-order valence-corrected chi connectivity index (χ2v) is 7.97. The van der Waals surface area contributed by atoms with Crippen LogP contribution in [0, 0.1) is 0 Å². The van der Waals surface area contributed by atoms with Crippen molar-refractivity contribution in [2.24, 2.45) is 0 Å². The molecular formula is C20H25N5O4S. The zero-order valence-corrected chi connectivity index (χ0v) is 17.5. The Kier molecular flexibility index (Phi) is 7.34. The summed E-state index contributed by atoms with van der Waals surface area (Å²) in [6.45, 7) is 0. The molecule has 0 bridgehead atoms. The van der Waals surface area contributed by atoms with Gasteiger partial charge in [0.2, 0.25) is 5.91 Å². The van der Waals surface area contributed by atoms with Gasteiger partial charge in [-0.25, -0.2) is 4.98 Å². The third-order valence-corrected chi connectivity index (χ3v) is 5.70. The molecule has 0 unspecified atom stereocenters. The number of nitrogen functional groups attached to an aromatic ring is 1. The summed E-state index contributed by atoms with van der Waals surface area (Å²) in [6, 6.07) is 6.64. The van der Waals surface area contributed by atoms with Gasteiger partial charge in [-0.3, -0.25) is 19.4 Å². The molecule has 2 aromatic rings. The van der Waals surface area contributed by atoms with Crippen LogP contribution >= 0.6 is 11.8 Å². The molecule has 0 saturated heterocycles. The minimum Gasteiger partial charge on any atom is -0.497 e. The van der Waals surface area contributed by atoms with Crippen LogP contribution in [0.3, 0.4) is 0 Å². The second-order valence-electron chi connectivity index (χ2n) is 7.01. The van der Waals surface area contributed by atoms with E-state index >= 15 is 0 Å². The molecule has 0 aliphatic heterocycles. The predicted octanol–water partition coefficient (Wildman–Crippen LogP) is 2.15. The maximum Gasteiger partial charge on any atom is 0.277 e. The monoisotopic (exact) mass is 431 g/mol. The summed E-state index contributed by atoms with van der Waals surface area (Å²) in [5, 5.41) is 5.71. The van der Waals surface area contributed by atoms with Crippen LogP contribution in [-0.4, -0.2) is 40.7 Å². The first-order chi connectivity index (χ1) is 14.5. The lowest BCUT2D eigenvalue weighted by molar-refractivity contribution is -0.119. The highest BCUT2D eigenvalue weighted by Gasteiger charge is 2.17. The first-order valence-electron chi connectivity index (χ1n) is 9.73. The van der Waals surface area contributed by atoms with E-state index in [4.69, 9.17) is 10.5 Å². The molecule has 5 N–H and O–H groups in total. The van der Waals surface area contributed by atoms with Crippen LogP contribution in [-0.2, 0) is 4.79 Å². The van der Waals surface area contributed by atoms with Gasteiger partial charge in [0.25, 0.3) is 11.5 Å². The Balaban J connectivity index is 1.59. The number of thioether (sulfide) groups is 1. The van der Waals surface area contributed by atoms with E-state index in [1.807, 2.05) is 0 Å². The molecule has 0 spiro atoms. The lowest BCUT2D eigenvalue weighted by Gasteiger charge is -2.22. The number of carbonyl (C=O) groups is 2. The van der Waals surface area contributed by atoms with Gasteiger partial charge in [-0.2, -0.15) is 0 Å². The molecule has 1 aromatic carbocycles. The number of benzene rings is 1. The van der Waals surface area contributed by atoms with Crippen molar-refractivity contribution in [2.45, 2.75) is 43.3 Å². The molecule has 9 nitrogen and oxygen atoms in total. The minimum atomic E-state index is -0.584. The van der Waals surface area contributed by atoms with Crippen molar-refractivity contribution < 1.29 is 14.3 Å². The van der Waals surface area contributed by atoms with E-state index in [1.54, 1.807) is 24.3 Å². The number of hydrogen-bond acceptors (Lipinski definition) is 7. The molecular weight excluding hydrogens is 406 g/mol.